The van der Waals surface area contributed by atoms with Crippen LogP contribution in [0.15, 0.2) is 23.1 Å². The van der Waals surface area contributed by atoms with Gasteiger partial charge in [0.15, 0.2) is 0 Å². The molecule has 1 atom stereocenters. The Bertz CT molecular complexity index is 1070. The molecule has 3 aliphatic heterocycles. The van der Waals surface area contributed by atoms with Crippen molar-refractivity contribution in [3.05, 3.63) is 28.8 Å². The Labute approximate surface area is 227 Å². The molecule has 3 heterocycles. The molecule has 0 N–H and O–H groups in total. The number of piperazine rings is 1. The van der Waals surface area contributed by atoms with Crippen LogP contribution in [0.3, 0.4) is 0 Å². The summed E-state index contributed by atoms with van der Waals surface area (Å²) in [6.07, 6.45) is -0.630. The third-order valence-corrected chi connectivity index (χ3v) is 10.1. The highest BCUT2D eigenvalue weighted by Crippen LogP contribution is 2.37. The number of ether oxygens (including phenoxy) is 1. The summed E-state index contributed by atoms with van der Waals surface area (Å²) >= 11 is 5.67. The summed E-state index contributed by atoms with van der Waals surface area (Å²) < 4.78 is 73.4. The molecular formula is C25H36ClF3N4O4S. The van der Waals surface area contributed by atoms with E-state index in [1.807, 2.05) is 0 Å². The molecule has 0 bridgehead atoms. The Morgan fingerprint density at radius 1 is 1.03 bits per heavy atom. The maximum Gasteiger partial charge on any atom is 0.417 e. The van der Waals surface area contributed by atoms with Crippen molar-refractivity contribution in [3.63, 3.8) is 0 Å². The van der Waals surface area contributed by atoms with E-state index in [1.54, 1.807) is 4.90 Å². The second kappa shape index (κ2) is 12.4. The molecule has 38 heavy (non-hydrogen) atoms. The number of benzene rings is 1. The third-order valence-electron chi connectivity index (χ3n) is 7.83. The zero-order chi connectivity index (χ0) is 27.5. The fourth-order valence-electron chi connectivity index (χ4n) is 5.54. The van der Waals surface area contributed by atoms with Crippen molar-refractivity contribution in [1.82, 2.24) is 19.0 Å². The fourth-order valence-corrected chi connectivity index (χ4v) is 7.48. The molecule has 3 aliphatic rings. The van der Waals surface area contributed by atoms with Crippen LogP contribution in [0.5, 0.6) is 0 Å². The van der Waals surface area contributed by atoms with Crippen LogP contribution in [0.2, 0.25) is 5.02 Å². The van der Waals surface area contributed by atoms with Gasteiger partial charge in [-0.05, 0) is 64.0 Å². The van der Waals surface area contributed by atoms with Gasteiger partial charge in [-0.2, -0.15) is 17.5 Å². The number of halogens is 4. The number of carbonyl (C=O) groups is 1. The Morgan fingerprint density at radius 3 is 2.37 bits per heavy atom. The summed E-state index contributed by atoms with van der Waals surface area (Å²) in [7, 11) is -2.08. The lowest BCUT2D eigenvalue weighted by atomic mass is 10.0. The molecule has 3 saturated heterocycles. The van der Waals surface area contributed by atoms with Gasteiger partial charge in [0.1, 0.15) is 6.61 Å². The van der Waals surface area contributed by atoms with Gasteiger partial charge in [0, 0.05) is 44.8 Å². The van der Waals surface area contributed by atoms with Crippen molar-refractivity contribution in [2.45, 2.75) is 55.3 Å². The van der Waals surface area contributed by atoms with Gasteiger partial charge in [-0.25, -0.2) is 8.42 Å². The van der Waals surface area contributed by atoms with E-state index in [0.717, 1.165) is 57.6 Å². The lowest BCUT2D eigenvalue weighted by Gasteiger charge is -2.42. The molecule has 13 heteroatoms. The van der Waals surface area contributed by atoms with Crippen LogP contribution in [0.1, 0.15) is 37.7 Å². The van der Waals surface area contributed by atoms with Gasteiger partial charge in [-0.15, -0.1) is 0 Å². The van der Waals surface area contributed by atoms with Crippen LogP contribution in [-0.2, 0) is 25.7 Å². The number of hydrogen-bond donors (Lipinski definition) is 0. The molecule has 0 spiro atoms. The van der Waals surface area contributed by atoms with Crippen molar-refractivity contribution in [1.29, 1.82) is 0 Å². The van der Waals surface area contributed by atoms with Gasteiger partial charge in [0.25, 0.3) is 0 Å². The summed E-state index contributed by atoms with van der Waals surface area (Å²) in [5.41, 5.74) is -1.19. The molecule has 0 aromatic heterocycles. The topological polar surface area (TPSA) is 73.4 Å². The zero-order valence-corrected chi connectivity index (χ0v) is 23.2. The monoisotopic (exact) mass is 580 g/mol. The van der Waals surface area contributed by atoms with Gasteiger partial charge in [-0.1, -0.05) is 18.0 Å². The van der Waals surface area contributed by atoms with E-state index in [2.05, 4.69) is 16.8 Å². The lowest BCUT2D eigenvalue weighted by molar-refractivity contribution is -0.139. The molecule has 4 rings (SSSR count). The molecular weight excluding hydrogens is 545 g/mol. The van der Waals surface area contributed by atoms with E-state index < -0.39 is 37.7 Å². The number of rotatable bonds is 7. The van der Waals surface area contributed by atoms with Crippen molar-refractivity contribution < 1.29 is 31.1 Å². The van der Waals surface area contributed by atoms with E-state index >= 15 is 0 Å². The average Bonchev–Trinajstić information content (AvgIpc) is 2.89. The van der Waals surface area contributed by atoms with Gasteiger partial charge < -0.3 is 14.5 Å². The predicted molar refractivity (Wildman–Crippen MR) is 137 cm³/mol. The minimum absolute atomic E-state index is 0.000243. The number of hydrogen-bond acceptors (Lipinski definition) is 6. The highest BCUT2D eigenvalue weighted by Gasteiger charge is 2.38. The fraction of sp³-hybridized carbons (Fsp3) is 0.720. The summed E-state index contributed by atoms with van der Waals surface area (Å²) in [6.45, 7) is 5.13. The van der Waals surface area contributed by atoms with Gasteiger partial charge in [-0.3, -0.25) is 9.69 Å². The molecule has 3 fully saturated rings. The standard InChI is InChI=1S/C25H36ClF3N4O4S/c1-30-10-7-19(8-11-30)31-12-14-32(15-13-31)24(34)18-37-17-20-4-2-3-9-33(20)38(35,36)21-5-6-23(26)22(16-21)25(27,28)29/h5-6,16,19-20H,2-4,7-15,17-18H2,1H3. The van der Waals surface area contributed by atoms with Crippen LogP contribution in [0.25, 0.3) is 0 Å². The molecule has 0 saturated carbocycles. The quantitative estimate of drug-likeness (QED) is 0.493. The number of amides is 1. The van der Waals surface area contributed by atoms with Gasteiger partial charge in [0.2, 0.25) is 15.9 Å². The summed E-state index contributed by atoms with van der Waals surface area (Å²) in [5, 5.41) is -0.555. The normalized spacial score (nSPS) is 23.6. The van der Waals surface area contributed by atoms with E-state index in [1.165, 1.54) is 4.31 Å². The Hall–Kier alpha value is -1.44. The molecule has 1 aromatic rings. The first-order valence-corrected chi connectivity index (χ1v) is 15.0. The van der Waals surface area contributed by atoms with Gasteiger partial charge in [0.05, 0.1) is 22.1 Å². The number of alkyl halides is 3. The first kappa shape index (κ1) is 29.5. The van der Waals surface area contributed by atoms with Crippen molar-refractivity contribution >= 4 is 27.5 Å². The Morgan fingerprint density at radius 2 is 1.71 bits per heavy atom. The number of sulfonamides is 1. The smallest absolute Gasteiger partial charge is 0.370 e. The lowest BCUT2D eigenvalue weighted by Crippen LogP contribution is -2.54. The molecule has 1 amide bonds. The van der Waals surface area contributed by atoms with E-state index in [-0.39, 0.29) is 25.7 Å². The van der Waals surface area contributed by atoms with Crippen LogP contribution >= 0.6 is 11.6 Å². The predicted octanol–water partition coefficient (Wildman–Crippen LogP) is 3.16. The maximum atomic E-state index is 13.3. The second-order valence-electron chi connectivity index (χ2n) is 10.4. The Kier molecular flexibility index (Phi) is 9.63. The highest BCUT2D eigenvalue weighted by atomic mass is 35.5. The van der Waals surface area contributed by atoms with E-state index in [0.29, 0.717) is 38.0 Å². The van der Waals surface area contributed by atoms with E-state index in [9.17, 15) is 26.4 Å². The van der Waals surface area contributed by atoms with Crippen LogP contribution in [0.4, 0.5) is 13.2 Å². The zero-order valence-electron chi connectivity index (χ0n) is 21.6. The van der Waals surface area contributed by atoms with Crippen molar-refractivity contribution in [2.24, 2.45) is 0 Å². The number of piperidine rings is 2. The van der Waals surface area contributed by atoms with Gasteiger partial charge >= 0.3 is 6.18 Å². The van der Waals surface area contributed by atoms with Crippen LogP contribution in [-0.4, -0.2) is 111 Å². The summed E-state index contributed by atoms with van der Waals surface area (Å²) in [6, 6.07) is 2.63. The maximum absolute atomic E-state index is 13.3. The second-order valence-corrected chi connectivity index (χ2v) is 12.7. The summed E-state index contributed by atoms with van der Waals surface area (Å²) in [4.78, 5) is 18.9. The molecule has 214 valence electrons. The number of nitrogens with zero attached hydrogens (tertiary/aromatic N) is 4. The minimum Gasteiger partial charge on any atom is -0.370 e. The number of carbonyl (C=O) groups excluding carboxylic acids is 1. The SMILES string of the molecule is CN1CCC(N2CCN(C(=O)COCC3CCCCN3S(=O)(=O)c3ccc(Cl)c(C(F)(F)F)c3)CC2)CC1. The average molecular weight is 581 g/mol. The first-order chi connectivity index (χ1) is 18.0. The van der Waals surface area contributed by atoms with Crippen molar-refractivity contribution in [3.8, 4) is 0 Å². The van der Waals surface area contributed by atoms with E-state index in [4.69, 9.17) is 16.3 Å². The Balaban J connectivity index is 1.30. The largest absolute Gasteiger partial charge is 0.417 e. The summed E-state index contributed by atoms with van der Waals surface area (Å²) in [5.74, 6) is -0.134. The third kappa shape index (κ3) is 7.00. The van der Waals surface area contributed by atoms with Crippen molar-refractivity contribution in [2.75, 3.05) is 66.1 Å². The molecule has 8 nitrogen and oxygen atoms in total. The van der Waals surface area contributed by atoms with Crippen LogP contribution in [0, 0.1) is 0 Å². The number of likely N-dealkylation sites (tertiary alicyclic amines) is 1. The molecule has 0 radical (unpaired) electrons. The van der Waals surface area contributed by atoms with Crippen LogP contribution < -0.4 is 0 Å². The minimum atomic E-state index is -4.77. The highest BCUT2D eigenvalue weighted by molar-refractivity contribution is 7.89. The molecule has 1 unspecified atom stereocenters. The molecule has 1 aromatic carbocycles. The molecule has 0 aliphatic carbocycles. The first-order valence-electron chi connectivity index (χ1n) is 13.1.